The maximum Gasteiger partial charge on any atom is 0.319 e. The molecule has 2 saturated heterocycles. The minimum Gasteiger partial charge on any atom is -0.497 e. The lowest BCUT2D eigenvalue weighted by atomic mass is 10.0. The summed E-state index contributed by atoms with van der Waals surface area (Å²) in [6.45, 7) is 2.37. The van der Waals surface area contributed by atoms with Crippen LogP contribution in [0.4, 0.5) is 10.5 Å². The predicted octanol–water partition coefficient (Wildman–Crippen LogP) is -0.353. The van der Waals surface area contributed by atoms with E-state index >= 15 is 0 Å². The second-order valence-electron chi connectivity index (χ2n) is 6.96. The van der Waals surface area contributed by atoms with Crippen LogP contribution in [0.5, 0.6) is 11.5 Å². The number of carbonyl (C=O) groups excluding carboxylic acids is 1. The molecule has 0 radical (unpaired) electrons. The SMILES string of the molecule is COc1cc(NC(=O)NC[C@@H]2O[C@@H](CO)[C@@H](O)[C@H]2N2CCOCC2)cc(OC)c1. The summed E-state index contributed by atoms with van der Waals surface area (Å²) in [5.41, 5.74) is 0.518. The highest BCUT2D eigenvalue weighted by atomic mass is 16.5. The number of rotatable bonds is 7. The van der Waals surface area contributed by atoms with Gasteiger partial charge in [-0.3, -0.25) is 4.90 Å². The van der Waals surface area contributed by atoms with Gasteiger partial charge in [0, 0.05) is 43.5 Å². The maximum absolute atomic E-state index is 12.4. The molecular weight excluding hydrogens is 382 g/mol. The van der Waals surface area contributed by atoms with Crippen LogP contribution < -0.4 is 20.1 Å². The van der Waals surface area contributed by atoms with E-state index in [-0.39, 0.29) is 19.2 Å². The number of hydrogen-bond acceptors (Lipinski definition) is 8. The monoisotopic (exact) mass is 411 g/mol. The third-order valence-corrected chi connectivity index (χ3v) is 5.18. The second kappa shape index (κ2) is 10.1. The molecule has 1 aromatic carbocycles. The highest BCUT2D eigenvalue weighted by Crippen LogP contribution is 2.27. The Morgan fingerprint density at radius 3 is 2.41 bits per heavy atom. The molecule has 0 bridgehead atoms. The number of nitrogens with zero attached hydrogens (tertiary/aromatic N) is 1. The minimum atomic E-state index is -0.837. The van der Waals surface area contributed by atoms with Crippen molar-refractivity contribution in [1.82, 2.24) is 10.2 Å². The van der Waals surface area contributed by atoms with Gasteiger partial charge in [-0.2, -0.15) is 0 Å². The van der Waals surface area contributed by atoms with E-state index in [9.17, 15) is 15.0 Å². The number of urea groups is 1. The van der Waals surface area contributed by atoms with Crippen molar-refractivity contribution < 1.29 is 34.0 Å². The van der Waals surface area contributed by atoms with Crippen LogP contribution in [0.1, 0.15) is 0 Å². The van der Waals surface area contributed by atoms with E-state index in [2.05, 4.69) is 15.5 Å². The summed E-state index contributed by atoms with van der Waals surface area (Å²) in [6, 6.07) is 4.31. The average molecular weight is 411 g/mol. The first-order valence-corrected chi connectivity index (χ1v) is 9.59. The van der Waals surface area contributed by atoms with E-state index < -0.39 is 24.3 Å². The lowest BCUT2D eigenvalue weighted by Crippen LogP contribution is -2.54. The van der Waals surface area contributed by atoms with Crippen LogP contribution in [-0.2, 0) is 9.47 Å². The Balaban J connectivity index is 1.60. The highest BCUT2D eigenvalue weighted by molar-refractivity contribution is 5.89. The molecule has 162 valence electrons. The molecule has 10 heteroatoms. The largest absolute Gasteiger partial charge is 0.497 e. The number of methoxy groups -OCH3 is 2. The summed E-state index contributed by atoms with van der Waals surface area (Å²) >= 11 is 0. The average Bonchev–Trinajstić information content (AvgIpc) is 3.07. The summed E-state index contributed by atoms with van der Waals surface area (Å²) in [4.78, 5) is 14.5. The lowest BCUT2D eigenvalue weighted by molar-refractivity contribution is -0.0214. The van der Waals surface area contributed by atoms with Crippen LogP contribution in [0, 0.1) is 0 Å². The lowest BCUT2D eigenvalue weighted by Gasteiger charge is -2.36. The van der Waals surface area contributed by atoms with Crippen molar-refractivity contribution in [2.24, 2.45) is 0 Å². The number of morpholine rings is 1. The van der Waals surface area contributed by atoms with E-state index in [1.54, 1.807) is 18.2 Å². The molecular formula is C19H29N3O7. The van der Waals surface area contributed by atoms with Crippen molar-refractivity contribution >= 4 is 11.7 Å². The Hall–Kier alpha value is -2.11. The number of nitrogens with one attached hydrogen (secondary N) is 2. The number of benzene rings is 1. The molecule has 4 N–H and O–H groups in total. The standard InChI is InChI=1S/C19H29N3O7/c1-26-13-7-12(8-14(9-13)27-2)21-19(25)20-10-15-17(18(24)16(11-23)29-15)22-3-5-28-6-4-22/h7-9,15-18,23-24H,3-6,10-11H2,1-2H3,(H2,20,21,25)/t15-,16-,17-,18+/m0/s1. The van der Waals surface area contributed by atoms with Crippen LogP contribution in [0.2, 0.25) is 0 Å². The van der Waals surface area contributed by atoms with Gasteiger partial charge in [0.1, 0.15) is 23.7 Å². The highest BCUT2D eigenvalue weighted by Gasteiger charge is 2.46. The summed E-state index contributed by atoms with van der Waals surface area (Å²) in [5.74, 6) is 1.11. The van der Waals surface area contributed by atoms with Crippen molar-refractivity contribution in [1.29, 1.82) is 0 Å². The van der Waals surface area contributed by atoms with Gasteiger partial charge in [0.25, 0.3) is 0 Å². The molecule has 0 saturated carbocycles. The number of aliphatic hydroxyl groups is 2. The van der Waals surface area contributed by atoms with Crippen molar-refractivity contribution in [2.75, 3.05) is 59.0 Å². The first kappa shape index (κ1) is 21.6. The van der Waals surface area contributed by atoms with Gasteiger partial charge in [-0.1, -0.05) is 0 Å². The van der Waals surface area contributed by atoms with Gasteiger partial charge in [-0.15, -0.1) is 0 Å². The van der Waals surface area contributed by atoms with Crippen molar-refractivity contribution in [3.63, 3.8) is 0 Å². The molecule has 1 aromatic rings. The topological polar surface area (TPSA) is 122 Å². The minimum absolute atomic E-state index is 0.183. The van der Waals surface area contributed by atoms with Crippen molar-refractivity contribution in [3.05, 3.63) is 18.2 Å². The Morgan fingerprint density at radius 2 is 1.83 bits per heavy atom. The molecule has 2 heterocycles. The molecule has 2 aliphatic rings. The van der Waals surface area contributed by atoms with Gasteiger partial charge < -0.3 is 39.8 Å². The van der Waals surface area contributed by atoms with Crippen molar-refractivity contribution in [2.45, 2.75) is 24.4 Å². The first-order chi connectivity index (χ1) is 14.0. The van der Waals surface area contributed by atoms with Gasteiger partial charge in [0.2, 0.25) is 0 Å². The number of aliphatic hydroxyl groups excluding tert-OH is 2. The molecule has 29 heavy (non-hydrogen) atoms. The van der Waals surface area contributed by atoms with Gasteiger partial charge in [-0.25, -0.2) is 4.79 Å². The zero-order chi connectivity index (χ0) is 20.8. The van der Waals surface area contributed by atoms with Crippen LogP contribution in [0.3, 0.4) is 0 Å². The first-order valence-electron chi connectivity index (χ1n) is 9.59. The number of anilines is 1. The summed E-state index contributed by atoms with van der Waals surface area (Å²) in [7, 11) is 3.06. The molecule has 10 nitrogen and oxygen atoms in total. The fourth-order valence-electron chi connectivity index (χ4n) is 3.72. The Morgan fingerprint density at radius 1 is 1.17 bits per heavy atom. The zero-order valence-corrected chi connectivity index (χ0v) is 16.7. The van der Waals surface area contributed by atoms with E-state index in [0.29, 0.717) is 43.5 Å². The second-order valence-corrected chi connectivity index (χ2v) is 6.96. The number of carbonyl (C=O) groups is 1. The van der Waals surface area contributed by atoms with Gasteiger partial charge in [0.05, 0.1) is 46.2 Å². The smallest absolute Gasteiger partial charge is 0.319 e. The third kappa shape index (κ3) is 5.28. The normalized spacial score (nSPS) is 27.4. The molecule has 0 aliphatic carbocycles. The van der Waals surface area contributed by atoms with Gasteiger partial charge in [-0.05, 0) is 0 Å². The number of hydrogen-bond donors (Lipinski definition) is 4. The van der Waals surface area contributed by atoms with Gasteiger partial charge >= 0.3 is 6.03 Å². The number of ether oxygens (including phenoxy) is 4. The predicted molar refractivity (Wildman–Crippen MR) is 105 cm³/mol. The zero-order valence-electron chi connectivity index (χ0n) is 16.7. The number of amides is 2. The van der Waals surface area contributed by atoms with Crippen LogP contribution in [0.15, 0.2) is 18.2 Å². The quantitative estimate of drug-likeness (QED) is 0.480. The fourth-order valence-corrected chi connectivity index (χ4v) is 3.72. The van der Waals surface area contributed by atoms with E-state index in [1.165, 1.54) is 14.2 Å². The maximum atomic E-state index is 12.4. The van der Waals surface area contributed by atoms with Crippen LogP contribution >= 0.6 is 0 Å². The molecule has 0 unspecified atom stereocenters. The molecule has 2 fully saturated rings. The van der Waals surface area contributed by atoms with Gasteiger partial charge in [0.15, 0.2) is 0 Å². The summed E-state index contributed by atoms with van der Waals surface area (Å²) < 4.78 is 21.6. The molecule has 4 atom stereocenters. The molecule has 2 aliphatic heterocycles. The fraction of sp³-hybridized carbons (Fsp3) is 0.632. The Labute approximate surface area is 169 Å². The van der Waals surface area contributed by atoms with Crippen molar-refractivity contribution in [3.8, 4) is 11.5 Å². The molecule has 2 amide bonds. The summed E-state index contributed by atoms with van der Waals surface area (Å²) in [6.07, 6.45) is -1.97. The van der Waals surface area contributed by atoms with E-state index in [4.69, 9.17) is 18.9 Å². The van der Waals surface area contributed by atoms with Crippen LogP contribution in [-0.4, -0.2) is 99.2 Å². The van der Waals surface area contributed by atoms with Crippen LogP contribution in [0.25, 0.3) is 0 Å². The Bertz CT molecular complexity index is 662. The van der Waals surface area contributed by atoms with E-state index in [0.717, 1.165) is 0 Å². The molecule has 0 spiro atoms. The molecule has 3 rings (SSSR count). The Kier molecular flexibility index (Phi) is 7.51. The van der Waals surface area contributed by atoms with E-state index in [1.807, 2.05) is 0 Å². The molecule has 0 aromatic heterocycles. The third-order valence-electron chi connectivity index (χ3n) is 5.18. The summed E-state index contributed by atoms with van der Waals surface area (Å²) in [5, 5.41) is 25.6.